The molecule has 2 aromatic carbocycles. The van der Waals surface area contributed by atoms with Crippen molar-refractivity contribution in [2.24, 2.45) is 9.98 Å². The monoisotopic (exact) mass is 370 g/mol. The lowest BCUT2D eigenvalue weighted by Crippen LogP contribution is -2.17. The van der Waals surface area contributed by atoms with Gasteiger partial charge in [-0.15, -0.1) is 22.7 Å². The van der Waals surface area contributed by atoms with Gasteiger partial charge in [-0.1, -0.05) is 36.4 Å². The molecule has 26 heavy (non-hydrogen) atoms. The summed E-state index contributed by atoms with van der Waals surface area (Å²) < 4.78 is 0. The first-order chi connectivity index (χ1) is 12.9. The van der Waals surface area contributed by atoms with Crippen molar-refractivity contribution in [3.8, 4) is 0 Å². The van der Waals surface area contributed by atoms with Crippen LogP contribution in [0.1, 0.15) is 20.9 Å². The lowest BCUT2D eigenvalue weighted by molar-refractivity contribution is 1.46. The lowest BCUT2D eigenvalue weighted by Gasteiger charge is -2.17. The lowest BCUT2D eigenvalue weighted by atomic mass is 9.94. The van der Waals surface area contributed by atoms with Crippen LogP contribution < -0.4 is 0 Å². The summed E-state index contributed by atoms with van der Waals surface area (Å²) in [6.07, 6.45) is 0. The fourth-order valence-electron chi connectivity index (χ4n) is 3.09. The number of aliphatic imine (C=N–C) groups is 2. The van der Waals surface area contributed by atoms with Crippen molar-refractivity contribution in [1.29, 1.82) is 0 Å². The first-order valence-corrected chi connectivity index (χ1v) is 10.1. The molecule has 0 amide bonds. The Hall–Kier alpha value is -2.82. The number of hydrogen-bond donors (Lipinski definition) is 0. The Kier molecular flexibility index (Phi) is 3.85. The van der Waals surface area contributed by atoms with Crippen LogP contribution in [0.4, 0.5) is 11.4 Å². The summed E-state index contributed by atoms with van der Waals surface area (Å²) in [6, 6.07) is 24.6. The second-order valence-electron chi connectivity index (χ2n) is 5.92. The quantitative estimate of drug-likeness (QED) is 0.341. The molecule has 2 nitrogen and oxygen atoms in total. The number of benzene rings is 2. The van der Waals surface area contributed by atoms with Crippen molar-refractivity contribution in [2.75, 3.05) is 0 Å². The maximum absolute atomic E-state index is 4.97. The Labute approximate surface area is 159 Å². The van der Waals surface area contributed by atoms with Crippen molar-refractivity contribution in [3.05, 3.63) is 104 Å². The molecule has 0 bridgehead atoms. The normalized spacial score (nSPS) is 15.8. The number of thiophene rings is 2. The first kappa shape index (κ1) is 15.4. The highest BCUT2D eigenvalue weighted by Crippen LogP contribution is 2.36. The predicted molar refractivity (Wildman–Crippen MR) is 112 cm³/mol. The van der Waals surface area contributed by atoms with E-state index in [-0.39, 0.29) is 0 Å². The van der Waals surface area contributed by atoms with E-state index in [2.05, 4.69) is 22.9 Å². The molecule has 0 N–H and O–H groups in total. The molecule has 5 rings (SSSR count). The molecule has 1 aliphatic carbocycles. The van der Waals surface area contributed by atoms with Crippen LogP contribution in [0.25, 0.3) is 0 Å². The van der Waals surface area contributed by atoms with Crippen LogP contribution >= 0.6 is 22.7 Å². The predicted octanol–water partition coefficient (Wildman–Crippen LogP) is 6.46. The van der Waals surface area contributed by atoms with Crippen molar-refractivity contribution in [2.45, 2.75) is 0 Å². The molecule has 0 unspecified atom stereocenters. The van der Waals surface area contributed by atoms with Crippen molar-refractivity contribution in [1.82, 2.24) is 0 Å². The van der Waals surface area contributed by atoms with Crippen LogP contribution in [0.5, 0.6) is 0 Å². The van der Waals surface area contributed by atoms with Crippen LogP contribution in [-0.2, 0) is 0 Å². The van der Waals surface area contributed by atoms with Gasteiger partial charge in [-0.2, -0.15) is 0 Å². The Morgan fingerprint density at radius 3 is 1.35 bits per heavy atom. The highest BCUT2D eigenvalue weighted by Gasteiger charge is 2.29. The molecule has 0 atom stereocenters. The van der Waals surface area contributed by atoms with E-state index in [1.807, 2.05) is 60.7 Å². The van der Waals surface area contributed by atoms with E-state index < -0.39 is 0 Å². The Balaban J connectivity index is 1.72. The van der Waals surface area contributed by atoms with Gasteiger partial charge in [0.05, 0.1) is 32.6 Å². The standard InChI is InChI=1S/C22H14N2S2/c1-3-7-15(8-4-1)23-19-17-11-13-26-22(17)20(18-12-14-25-21(18)19)24-16-9-5-2-6-10-16/h1-14H. The molecule has 4 aromatic rings. The van der Waals surface area contributed by atoms with Gasteiger partial charge in [0.15, 0.2) is 0 Å². The molecule has 2 aromatic heterocycles. The molecule has 0 radical (unpaired) electrons. The second-order valence-corrected chi connectivity index (χ2v) is 7.75. The van der Waals surface area contributed by atoms with Gasteiger partial charge in [0.25, 0.3) is 0 Å². The zero-order chi connectivity index (χ0) is 17.3. The van der Waals surface area contributed by atoms with Gasteiger partial charge < -0.3 is 0 Å². The van der Waals surface area contributed by atoms with E-state index in [1.165, 1.54) is 20.9 Å². The highest BCUT2D eigenvalue weighted by molar-refractivity contribution is 7.15. The van der Waals surface area contributed by atoms with Crippen molar-refractivity contribution < 1.29 is 0 Å². The minimum Gasteiger partial charge on any atom is -0.247 e. The number of para-hydroxylation sites is 2. The van der Waals surface area contributed by atoms with Gasteiger partial charge in [-0.25, -0.2) is 9.98 Å². The number of hydrogen-bond acceptors (Lipinski definition) is 4. The molecular formula is C22H14N2S2. The molecule has 0 spiro atoms. The number of rotatable bonds is 2. The summed E-state index contributed by atoms with van der Waals surface area (Å²) in [6.45, 7) is 0. The minimum absolute atomic E-state index is 0.974. The topological polar surface area (TPSA) is 24.7 Å². The molecule has 0 saturated carbocycles. The number of nitrogens with zero attached hydrogens (tertiary/aromatic N) is 2. The molecule has 1 aliphatic rings. The molecular weight excluding hydrogens is 356 g/mol. The molecule has 0 aliphatic heterocycles. The van der Waals surface area contributed by atoms with Gasteiger partial charge in [0, 0.05) is 11.1 Å². The summed E-state index contributed by atoms with van der Waals surface area (Å²) >= 11 is 3.45. The summed E-state index contributed by atoms with van der Waals surface area (Å²) in [7, 11) is 0. The Morgan fingerprint density at radius 2 is 0.923 bits per heavy atom. The largest absolute Gasteiger partial charge is 0.247 e. The molecule has 2 heterocycles. The maximum atomic E-state index is 4.97. The van der Waals surface area contributed by atoms with Crippen molar-refractivity contribution >= 4 is 45.5 Å². The van der Waals surface area contributed by atoms with Crippen LogP contribution in [-0.4, -0.2) is 11.4 Å². The van der Waals surface area contributed by atoms with Crippen LogP contribution in [0.15, 0.2) is 93.5 Å². The summed E-state index contributed by atoms with van der Waals surface area (Å²) in [4.78, 5) is 12.3. The molecule has 4 heteroatoms. The van der Waals surface area contributed by atoms with E-state index in [4.69, 9.17) is 9.98 Å². The highest BCUT2D eigenvalue weighted by atomic mass is 32.1. The fraction of sp³-hybridized carbons (Fsp3) is 0. The Bertz CT molecular complexity index is 986. The second kappa shape index (κ2) is 6.48. The molecule has 0 fully saturated rings. The fourth-order valence-corrected chi connectivity index (χ4v) is 4.89. The maximum Gasteiger partial charge on any atom is 0.0903 e. The van der Waals surface area contributed by atoms with Gasteiger partial charge in [0.1, 0.15) is 0 Å². The zero-order valence-corrected chi connectivity index (χ0v) is 15.4. The molecule has 124 valence electrons. The molecule has 0 saturated heterocycles. The Morgan fingerprint density at radius 1 is 0.500 bits per heavy atom. The van der Waals surface area contributed by atoms with Crippen LogP contribution in [0, 0.1) is 0 Å². The smallest absolute Gasteiger partial charge is 0.0903 e. The first-order valence-electron chi connectivity index (χ1n) is 8.34. The van der Waals surface area contributed by atoms with Gasteiger partial charge in [-0.3, -0.25) is 0 Å². The SMILES string of the molecule is c1ccc(N=C2c3ccsc3C(=Nc3ccccc3)c3ccsc32)cc1. The van der Waals surface area contributed by atoms with E-state index in [1.54, 1.807) is 22.7 Å². The summed E-state index contributed by atoms with van der Waals surface area (Å²) in [5.41, 5.74) is 6.38. The van der Waals surface area contributed by atoms with Gasteiger partial charge in [0.2, 0.25) is 0 Å². The average Bonchev–Trinajstić information content (AvgIpc) is 3.36. The van der Waals surface area contributed by atoms with Crippen LogP contribution in [0.2, 0.25) is 0 Å². The number of fused-ring (bicyclic) bond motifs is 2. The van der Waals surface area contributed by atoms with Crippen molar-refractivity contribution in [3.63, 3.8) is 0 Å². The average molecular weight is 371 g/mol. The van der Waals surface area contributed by atoms with E-state index in [0.717, 1.165) is 22.8 Å². The summed E-state index contributed by atoms with van der Waals surface area (Å²) in [5.74, 6) is 0. The third-order valence-corrected chi connectivity index (χ3v) is 6.11. The minimum atomic E-state index is 0.974. The van der Waals surface area contributed by atoms with E-state index >= 15 is 0 Å². The van der Waals surface area contributed by atoms with E-state index in [9.17, 15) is 0 Å². The van der Waals surface area contributed by atoms with Gasteiger partial charge >= 0.3 is 0 Å². The zero-order valence-electron chi connectivity index (χ0n) is 13.8. The van der Waals surface area contributed by atoms with E-state index in [0.29, 0.717) is 0 Å². The van der Waals surface area contributed by atoms with Gasteiger partial charge in [-0.05, 0) is 47.2 Å². The third-order valence-electron chi connectivity index (χ3n) is 4.27. The third kappa shape index (κ3) is 2.64. The summed E-state index contributed by atoms with van der Waals surface area (Å²) in [5, 5.41) is 4.25. The van der Waals surface area contributed by atoms with Crippen LogP contribution in [0.3, 0.4) is 0 Å².